The van der Waals surface area contributed by atoms with Gasteiger partial charge >= 0.3 is 0 Å². The van der Waals surface area contributed by atoms with Gasteiger partial charge in [-0.3, -0.25) is 4.90 Å². The molecule has 0 saturated carbocycles. The van der Waals surface area contributed by atoms with Crippen molar-refractivity contribution in [3.63, 3.8) is 0 Å². The number of amidine groups is 1. The van der Waals surface area contributed by atoms with Crippen molar-refractivity contribution in [1.29, 1.82) is 0 Å². The number of piperidine rings is 1. The molecule has 2 aliphatic rings. The summed E-state index contributed by atoms with van der Waals surface area (Å²) in [5, 5.41) is 11.4. The maximum atomic E-state index is 9.77. The Morgan fingerprint density at radius 2 is 1.91 bits per heavy atom. The fourth-order valence-corrected chi connectivity index (χ4v) is 3.87. The number of aliphatic imine (C=N–C) groups is 2. The molecule has 1 saturated heterocycles. The van der Waals surface area contributed by atoms with Gasteiger partial charge in [0.15, 0.2) is 0 Å². The highest BCUT2D eigenvalue weighted by Gasteiger charge is 2.42. The smallest absolute Gasteiger partial charge is 0.242 e. The molecule has 6 nitrogen and oxygen atoms in total. The average molecular weight is 330 g/mol. The zero-order chi connectivity index (χ0) is 16.5. The Labute approximate surface area is 138 Å². The highest BCUT2D eigenvalue weighted by Crippen LogP contribution is 2.41. The molecular weight excluding hydrogens is 302 g/mol. The molecule has 1 fully saturated rings. The van der Waals surface area contributed by atoms with Gasteiger partial charge in [0.05, 0.1) is 0 Å². The molecule has 126 valence electrons. The van der Waals surface area contributed by atoms with Gasteiger partial charge < -0.3 is 5.11 Å². The number of likely N-dealkylation sites (tertiary alicyclic amines) is 1. The lowest BCUT2D eigenvalue weighted by atomic mass is 9.73. The normalized spacial score (nSPS) is 28.8. The Balaban J connectivity index is 1.87. The van der Waals surface area contributed by atoms with Crippen molar-refractivity contribution < 1.29 is 5.11 Å². The first-order valence-electron chi connectivity index (χ1n) is 7.83. The summed E-state index contributed by atoms with van der Waals surface area (Å²) >= 11 is 5.96. The van der Waals surface area contributed by atoms with Gasteiger partial charge in [-0.05, 0) is 71.5 Å². The van der Waals surface area contributed by atoms with Crippen molar-refractivity contribution in [3.8, 4) is 0 Å². The van der Waals surface area contributed by atoms with E-state index in [1.165, 1.54) is 11.3 Å². The minimum absolute atomic E-state index is 0.195. The lowest BCUT2D eigenvalue weighted by Crippen LogP contribution is -2.58. The maximum Gasteiger partial charge on any atom is 0.242 e. The Morgan fingerprint density at radius 3 is 2.45 bits per heavy atom. The van der Waals surface area contributed by atoms with Gasteiger partial charge in [-0.2, -0.15) is 0 Å². The number of rotatable bonds is 4. The molecule has 2 rings (SSSR count). The minimum atomic E-state index is -1.00. The third-order valence-electron chi connectivity index (χ3n) is 5.02. The highest BCUT2D eigenvalue weighted by molar-refractivity contribution is 6.65. The highest BCUT2D eigenvalue weighted by atomic mass is 35.5. The number of hydrogen-bond donors (Lipinski definition) is 2. The molecule has 1 unspecified atom stereocenters. The summed E-state index contributed by atoms with van der Waals surface area (Å²) in [5.74, 6) is 0.634. The standard InChI is InChI=1S/C15H28ClN5O/c1-14(2)8-11(9-15(3,4)20(14)5)6-7-19-21-12(16)17-10-18-13(21)22/h10-11,13,19,22H,6-9H2,1-5H3. The SMILES string of the molecule is CN1C(C)(C)CC(CCNN2C(Cl)=NC=NC2O)CC1(C)C. The first kappa shape index (κ1) is 17.7. The van der Waals surface area contributed by atoms with Crippen LogP contribution in [0, 0.1) is 5.92 Å². The third kappa shape index (κ3) is 3.79. The van der Waals surface area contributed by atoms with Gasteiger partial charge in [0.1, 0.15) is 6.34 Å². The van der Waals surface area contributed by atoms with E-state index in [0.29, 0.717) is 5.92 Å². The Bertz CT molecular complexity index is 445. The van der Waals surface area contributed by atoms with Gasteiger partial charge in [0, 0.05) is 17.6 Å². The predicted octanol–water partition coefficient (Wildman–Crippen LogP) is 1.99. The van der Waals surface area contributed by atoms with E-state index in [1.807, 2.05) is 0 Å². The molecule has 7 heteroatoms. The van der Waals surface area contributed by atoms with Gasteiger partial charge in [-0.15, -0.1) is 0 Å². The molecule has 0 aromatic rings. The maximum absolute atomic E-state index is 9.77. The second kappa shape index (κ2) is 6.43. The Hall–Kier alpha value is -0.690. The summed E-state index contributed by atoms with van der Waals surface area (Å²) in [5.41, 5.74) is 3.52. The number of aliphatic hydroxyl groups is 1. The molecule has 1 atom stereocenters. The van der Waals surface area contributed by atoms with Crippen LogP contribution in [0.25, 0.3) is 0 Å². The van der Waals surface area contributed by atoms with E-state index < -0.39 is 6.35 Å². The van der Waals surface area contributed by atoms with E-state index in [0.717, 1.165) is 25.8 Å². The van der Waals surface area contributed by atoms with E-state index >= 15 is 0 Å². The second-order valence-corrected chi connectivity index (χ2v) is 7.87. The van der Waals surface area contributed by atoms with Crippen LogP contribution in [0.5, 0.6) is 0 Å². The largest absolute Gasteiger partial charge is 0.354 e. The Kier molecular flexibility index (Phi) is 5.16. The lowest BCUT2D eigenvalue weighted by molar-refractivity contribution is -0.0337. The molecule has 0 amide bonds. The number of nitrogens with one attached hydrogen (secondary N) is 1. The summed E-state index contributed by atoms with van der Waals surface area (Å²) in [4.78, 5) is 10.2. The molecule has 0 aliphatic carbocycles. The van der Waals surface area contributed by atoms with E-state index in [4.69, 9.17) is 11.6 Å². The average Bonchev–Trinajstić information content (AvgIpc) is 2.39. The van der Waals surface area contributed by atoms with Crippen molar-refractivity contribution in [1.82, 2.24) is 15.3 Å². The van der Waals surface area contributed by atoms with E-state index in [-0.39, 0.29) is 16.4 Å². The quantitative estimate of drug-likeness (QED) is 0.774. The summed E-state index contributed by atoms with van der Waals surface area (Å²) in [7, 11) is 2.22. The van der Waals surface area contributed by atoms with Crippen molar-refractivity contribution in [2.45, 2.75) is 64.4 Å². The molecule has 0 radical (unpaired) electrons. The molecule has 2 heterocycles. The summed E-state index contributed by atoms with van der Waals surface area (Å²) in [6, 6.07) is 0. The van der Waals surface area contributed by atoms with Crippen LogP contribution in [-0.4, -0.2) is 57.7 Å². The summed E-state index contributed by atoms with van der Waals surface area (Å²) in [6.07, 6.45) is 3.62. The van der Waals surface area contributed by atoms with Crippen LogP contribution in [0.1, 0.15) is 47.0 Å². The molecule has 2 N–H and O–H groups in total. The molecular formula is C15H28ClN5O. The van der Waals surface area contributed by atoms with Gasteiger partial charge in [0.2, 0.25) is 11.6 Å². The van der Waals surface area contributed by atoms with Crippen LogP contribution in [-0.2, 0) is 0 Å². The number of aliphatic hydroxyl groups excluding tert-OH is 1. The van der Waals surface area contributed by atoms with Crippen molar-refractivity contribution >= 4 is 23.2 Å². The van der Waals surface area contributed by atoms with Crippen LogP contribution < -0.4 is 5.43 Å². The Morgan fingerprint density at radius 1 is 1.32 bits per heavy atom. The molecule has 0 spiro atoms. The zero-order valence-corrected chi connectivity index (χ0v) is 14.9. The van der Waals surface area contributed by atoms with Gasteiger partial charge in [-0.1, -0.05) is 0 Å². The van der Waals surface area contributed by atoms with Crippen molar-refractivity contribution in [3.05, 3.63) is 0 Å². The number of nitrogens with zero attached hydrogens (tertiary/aromatic N) is 4. The van der Waals surface area contributed by atoms with E-state index in [9.17, 15) is 5.11 Å². The number of hydrogen-bond acceptors (Lipinski definition) is 6. The molecule has 2 aliphatic heterocycles. The fraction of sp³-hybridized carbons (Fsp3) is 0.867. The molecule has 22 heavy (non-hydrogen) atoms. The van der Waals surface area contributed by atoms with Gasteiger partial charge in [-0.25, -0.2) is 20.4 Å². The number of halogens is 1. The third-order valence-corrected chi connectivity index (χ3v) is 5.30. The van der Waals surface area contributed by atoms with E-state index in [2.05, 4.69) is 55.1 Å². The fourth-order valence-electron chi connectivity index (χ4n) is 3.68. The molecule has 0 aromatic carbocycles. The first-order chi connectivity index (χ1) is 10.1. The van der Waals surface area contributed by atoms with Crippen LogP contribution in [0.2, 0.25) is 0 Å². The van der Waals surface area contributed by atoms with Crippen LogP contribution in [0.15, 0.2) is 9.98 Å². The van der Waals surface area contributed by atoms with Crippen LogP contribution in [0.4, 0.5) is 0 Å². The summed E-state index contributed by atoms with van der Waals surface area (Å²) in [6.45, 7) is 9.96. The van der Waals surface area contributed by atoms with Crippen molar-refractivity contribution in [2.24, 2.45) is 15.9 Å². The molecule has 0 bridgehead atoms. The topological polar surface area (TPSA) is 63.5 Å². The first-order valence-corrected chi connectivity index (χ1v) is 8.21. The minimum Gasteiger partial charge on any atom is -0.354 e. The number of hydrazine groups is 1. The van der Waals surface area contributed by atoms with Crippen molar-refractivity contribution in [2.75, 3.05) is 13.6 Å². The van der Waals surface area contributed by atoms with Gasteiger partial charge in [0.25, 0.3) is 0 Å². The van der Waals surface area contributed by atoms with Crippen LogP contribution in [0.3, 0.4) is 0 Å². The lowest BCUT2D eigenvalue weighted by Gasteiger charge is -2.54. The van der Waals surface area contributed by atoms with Crippen LogP contribution >= 0.6 is 11.6 Å². The zero-order valence-electron chi connectivity index (χ0n) is 14.2. The predicted molar refractivity (Wildman–Crippen MR) is 90.9 cm³/mol. The van der Waals surface area contributed by atoms with E-state index in [1.54, 1.807) is 0 Å². The monoisotopic (exact) mass is 329 g/mol. The molecule has 0 aromatic heterocycles. The summed E-state index contributed by atoms with van der Waals surface area (Å²) < 4.78 is 0. The second-order valence-electron chi connectivity index (χ2n) is 7.53.